The Kier molecular flexibility index (Phi) is 12.0. The summed E-state index contributed by atoms with van der Waals surface area (Å²) in [6, 6.07) is 4.14. The van der Waals surface area contributed by atoms with Gasteiger partial charge in [0.25, 0.3) is 5.69 Å². The molecule has 0 bridgehead atoms. The van der Waals surface area contributed by atoms with Crippen LogP contribution in [0.2, 0.25) is 0 Å². The average Bonchev–Trinajstić information content (AvgIpc) is 2.66. The summed E-state index contributed by atoms with van der Waals surface area (Å²) in [7, 11) is 3.93. The lowest BCUT2D eigenvalue weighted by Crippen LogP contribution is -2.44. The van der Waals surface area contributed by atoms with Crippen LogP contribution in [-0.2, 0) is 4.79 Å². The number of aliphatic hydroxyl groups is 1. The van der Waals surface area contributed by atoms with Gasteiger partial charge in [0.15, 0.2) is 11.5 Å². The SMILES string of the molecule is CC1CCCC(C)N1CC=O.CO.COc1cc(C)c([N+](=O)[O-])cc1OC. The molecule has 27 heavy (non-hydrogen) atoms. The monoisotopic (exact) mass is 384 g/mol. The second-order valence-corrected chi connectivity index (χ2v) is 6.24. The van der Waals surface area contributed by atoms with Crippen molar-refractivity contribution in [2.24, 2.45) is 0 Å². The molecule has 1 aromatic rings. The first kappa shape index (κ1) is 24.8. The van der Waals surface area contributed by atoms with E-state index in [2.05, 4.69) is 18.7 Å². The van der Waals surface area contributed by atoms with Gasteiger partial charge in [0.2, 0.25) is 0 Å². The Hall–Kier alpha value is -2.19. The van der Waals surface area contributed by atoms with Gasteiger partial charge in [0, 0.05) is 24.8 Å². The van der Waals surface area contributed by atoms with E-state index in [4.69, 9.17) is 14.6 Å². The Morgan fingerprint density at radius 2 is 1.67 bits per heavy atom. The number of nitro groups is 1. The fraction of sp³-hybridized carbons (Fsp3) is 0.632. The summed E-state index contributed by atoms with van der Waals surface area (Å²) in [5, 5.41) is 17.6. The van der Waals surface area contributed by atoms with Crippen LogP contribution in [0.15, 0.2) is 12.1 Å². The number of rotatable bonds is 5. The average molecular weight is 384 g/mol. The molecule has 1 saturated heterocycles. The number of benzene rings is 1. The molecule has 1 aliphatic heterocycles. The molecule has 1 aliphatic rings. The molecule has 1 aromatic carbocycles. The Bertz CT molecular complexity index is 584. The van der Waals surface area contributed by atoms with Gasteiger partial charge in [0.1, 0.15) is 6.29 Å². The van der Waals surface area contributed by atoms with Crippen molar-refractivity contribution in [1.82, 2.24) is 4.90 Å². The van der Waals surface area contributed by atoms with Crippen LogP contribution < -0.4 is 9.47 Å². The first-order chi connectivity index (χ1) is 12.8. The predicted molar refractivity (Wildman–Crippen MR) is 105 cm³/mol. The van der Waals surface area contributed by atoms with Gasteiger partial charge in [0.05, 0.1) is 31.8 Å². The topological polar surface area (TPSA) is 102 Å². The van der Waals surface area contributed by atoms with Crippen LogP contribution in [0.25, 0.3) is 0 Å². The zero-order chi connectivity index (χ0) is 21.0. The number of aliphatic hydroxyl groups excluding tert-OH is 1. The summed E-state index contributed by atoms with van der Waals surface area (Å²) < 4.78 is 9.96. The highest BCUT2D eigenvalue weighted by atomic mass is 16.6. The minimum atomic E-state index is -0.447. The highest BCUT2D eigenvalue weighted by molar-refractivity contribution is 5.53. The Labute approximate surface area is 161 Å². The molecule has 1 heterocycles. The molecule has 0 amide bonds. The lowest BCUT2D eigenvalue weighted by atomic mass is 9.98. The molecule has 2 rings (SSSR count). The Balaban J connectivity index is 0.000000469. The van der Waals surface area contributed by atoms with E-state index in [0.29, 0.717) is 35.7 Å². The zero-order valence-electron chi connectivity index (χ0n) is 17.1. The number of likely N-dealkylation sites (tertiary alicyclic amines) is 1. The molecular weight excluding hydrogens is 352 g/mol. The standard InChI is InChI=1S/C9H11NO4.C9H17NO.CH4O/c1-6-4-8(13-2)9(14-3)5-7(6)10(11)12;1-8-4-3-5-9(2)10(8)6-7-11;1-2/h4-5H,1-3H3;7-9H,3-6H2,1-2H3;2H,1H3. The molecule has 8 nitrogen and oxygen atoms in total. The van der Waals surface area contributed by atoms with Crippen molar-refractivity contribution < 1.29 is 24.3 Å². The van der Waals surface area contributed by atoms with E-state index in [0.717, 1.165) is 13.4 Å². The molecule has 0 aromatic heterocycles. The molecule has 154 valence electrons. The first-order valence-corrected chi connectivity index (χ1v) is 8.86. The highest BCUT2D eigenvalue weighted by Gasteiger charge is 2.23. The molecular formula is C19H32N2O6. The number of nitrogens with zero attached hydrogens (tertiary/aromatic N) is 2. The molecule has 2 unspecified atom stereocenters. The third kappa shape index (κ3) is 7.52. The molecule has 0 radical (unpaired) electrons. The van der Waals surface area contributed by atoms with Crippen molar-refractivity contribution >= 4 is 12.0 Å². The van der Waals surface area contributed by atoms with E-state index >= 15 is 0 Å². The number of nitro benzene ring substituents is 1. The van der Waals surface area contributed by atoms with Crippen molar-refractivity contribution in [2.45, 2.75) is 52.1 Å². The third-order valence-corrected chi connectivity index (χ3v) is 4.56. The molecule has 1 N–H and O–H groups in total. The molecule has 0 saturated carbocycles. The van der Waals surface area contributed by atoms with Crippen molar-refractivity contribution in [1.29, 1.82) is 0 Å². The number of carbonyl (C=O) groups excluding carboxylic acids is 1. The van der Waals surface area contributed by atoms with E-state index in [1.54, 1.807) is 13.0 Å². The summed E-state index contributed by atoms with van der Waals surface area (Å²) in [4.78, 5) is 22.8. The maximum atomic E-state index is 10.6. The van der Waals surface area contributed by atoms with Gasteiger partial charge >= 0.3 is 0 Å². The van der Waals surface area contributed by atoms with Gasteiger partial charge in [-0.05, 0) is 39.7 Å². The fourth-order valence-electron chi connectivity index (χ4n) is 3.09. The molecule has 0 spiro atoms. The van der Waals surface area contributed by atoms with E-state index in [1.807, 2.05) is 0 Å². The molecule has 8 heteroatoms. The molecule has 0 aliphatic carbocycles. The smallest absolute Gasteiger partial charge is 0.276 e. The van der Waals surface area contributed by atoms with Crippen LogP contribution in [0.1, 0.15) is 38.7 Å². The Morgan fingerprint density at radius 1 is 1.19 bits per heavy atom. The third-order valence-electron chi connectivity index (χ3n) is 4.56. The van der Waals surface area contributed by atoms with Crippen molar-refractivity contribution in [3.63, 3.8) is 0 Å². The van der Waals surface area contributed by atoms with Crippen molar-refractivity contribution in [3.8, 4) is 11.5 Å². The number of carbonyl (C=O) groups is 1. The lowest BCUT2D eigenvalue weighted by molar-refractivity contribution is -0.385. The van der Waals surface area contributed by atoms with Crippen LogP contribution in [0, 0.1) is 17.0 Å². The number of aryl methyl sites for hydroxylation is 1. The summed E-state index contributed by atoms with van der Waals surface area (Å²) >= 11 is 0. The fourth-order valence-corrected chi connectivity index (χ4v) is 3.09. The lowest BCUT2D eigenvalue weighted by Gasteiger charge is -2.37. The number of ether oxygens (including phenoxy) is 2. The maximum Gasteiger partial charge on any atom is 0.276 e. The number of piperidine rings is 1. The van der Waals surface area contributed by atoms with Crippen LogP contribution >= 0.6 is 0 Å². The number of aldehydes is 1. The summed E-state index contributed by atoms with van der Waals surface area (Å²) in [5.41, 5.74) is 0.579. The van der Waals surface area contributed by atoms with Gasteiger partial charge in [-0.25, -0.2) is 0 Å². The summed E-state index contributed by atoms with van der Waals surface area (Å²) in [6.45, 7) is 6.68. The van der Waals surface area contributed by atoms with Gasteiger partial charge in [-0.1, -0.05) is 6.42 Å². The van der Waals surface area contributed by atoms with E-state index in [-0.39, 0.29) is 5.69 Å². The number of methoxy groups -OCH3 is 2. The Morgan fingerprint density at radius 3 is 2.07 bits per heavy atom. The van der Waals surface area contributed by atoms with Gasteiger partial charge in [-0.2, -0.15) is 0 Å². The van der Waals surface area contributed by atoms with Crippen LogP contribution in [0.4, 0.5) is 5.69 Å². The van der Waals surface area contributed by atoms with Gasteiger partial charge in [-0.3, -0.25) is 15.0 Å². The van der Waals surface area contributed by atoms with E-state index in [1.165, 1.54) is 39.5 Å². The maximum absolute atomic E-state index is 10.6. The second kappa shape index (κ2) is 13.1. The molecule has 2 atom stereocenters. The van der Waals surface area contributed by atoms with Crippen LogP contribution in [0.5, 0.6) is 11.5 Å². The van der Waals surface area contributed by atoms with Gasteiger partial charge < -0.3 is 19.4 Å². The van der Waals surface area contributed by atoms with E-state index in [9.17, 15) is 14.9 Å². The molecule has 1 fully saturated rings. The zero-order valence-corrected chi connectivity index (χ0v) is 17.1. The first-order valence-electron chi connectivity index (χ1n) is 8.86. The minimum Gasteiger partial charge on any atom is -0.493 e. The highest BCUT2D eigenvalue weighted by Crippen LogP contribution is 2.33. The second-order valence-electron chi connectivity index (χ2n) is 6.24. The van der Waals surface area contributed by atoms with Gasteiger partial charge in [-0.15, -0.1) is 0 Å². The predicted octanol–water partition coefficient (Wildman–Crippen LogP) is 2.98. The largest absolute Gasteiger partial charge is 0.493 e. The number of hydrogen-bond acceptors (Lipinski definition) is 7. The number of hydrogen-bond donors (Lipinski definition) is 1. The summed E-state index contributed by atoms with van der Waals surface area (Å²) in [6.07, 6.45) is 4.83. The summed E-state index contributed by atoms with van der Waals surface area (Å²) in [5.74, 6) is 0.861. The van der Waals surface area contributed by atoms with Crippen LogP contribution in [0.3, 0.4) is 0 Å². The van der Waals surface area contributed by atoms with E-state index < -0.39 is 4.92 Å². The van der Waals surface area contributed by atoms with Crippen molar-refractivity contribution in [3.05, 3.63) is 27.8 Å². The normalized spacial score (nSPS) is 18.9. The van der Waals surface area contributed by atoms with Crippen molar-refractivity contribution in [2.75, 3.05) is 27.9 Å². The minimum absolute atomic E-state index is 0.0302. The quantitative estimate of drug-likeness (QED) is 0.473. The van der Waals surface area contributed by atoms with Crippen LogP contribution in [-0.4, -0.2) is 61.2 Å².